The zero-order chi connectivity index (χ0) is 17.0. The van der Waals surface area contributed by atoms with Crippen molar-refractivity contribution >= 4 is 8.25 Å². The van der Waals surface area contributed by atoms with Crippen LogP contribution in [0, 0.1) is 6.92 Å². The van der Waals surface area contributed by atoms with Crippen LogP contribution in [0.15, 0.2) is 20.9 Å². The highest BCUT2D eigenvalue weighted by atomic mass is 31.1. The molecule has 0 aliphatic carbocycles. The van der Waals surface area contributed by atoms with E-state index >= 15 is 0 Å². The number of azide groups is 1. The minimum atomic E-state index is -2.29. The van der Waals surface area contributed by atoms with Crippen molar-refractivity contribution in [3.63, 3.8) is 0 Å². The highest BCUT2D eigenvalue weighted by Crippen LogP contribution is 2.32. The largest absolute Gasteiger partial charge is 0.697 e. The minimum Gasteiger partial charge on any atom is -0.352 e. The molecule has 0 radical (unpaired) electrons. The summed E-state index contributed by atoms with van der Waals surface area (Å²) in [5, 5.41) is 3.61. The lowest BCUT2D eigenvalue weighted by Crippen LogP contribution is -2.33. The molecule has 0 spiro atoms. The number of H-pyrrole nitrogens is 1. The number of rotatable bonds is 6. The molecule has 1 saturated heterocycles. The van der Waals surface area contributed by atoms with Gasteiger partial charge in [0.25, 0.3) is 5.56 Å². The molecule has 4 atom stereocenters. The van der Waals surface area contributed by atoms with Crippen LogP contribution in [0.4, 0.5) is 0 Å². The van der Waals surface area contributed by atoms with Gasteiger partial charge in [0.2, 0.25) is 0 Å². The molecule has 0 amide bonds. The Morgan fingerprint density at radius 2 is 2.35 bits per heavy atom. The van der Waals surface area contributed by atoms with Gasteiger partial charge in [0.1, 0.15) is 12.8 Å². The normalized spacial score (nSPS) is 24.3. The Kier molecular flexibility index (Phi) is 5.64. The maximum absolute atomic E-state index is 11.9. The van der Waals surface area contributed by atoms with E-state index in [9.17, 15) is 14.2 Å². The Bertz CT molecular complexity index is 754. The molecule has 0 saturated carbocycles. The third-order valence-corrected chi connectivity index (χ3v) is 4.01. The third-order valence-electron chi connectivity index (χ3n) is 3.35. The summed E-state index contributed by atoms with van der Waals surface area (Å²) in [5.74, 6) is 0. The summed E-state index contributed by atoms with van der Waals surface area (Å²) in [6.45, 7) is 1.43. The van der Waals surface area contributed by atoms with Crippen LogP contribution in [0.3, 0.4) is 0 Å². The second-order valence-corrected chi connectivity index (χ2v) is 5.89. The Balaban J connectivity index is 2.21. The molecule has 23 heavy (non-hydrogen) atoms. The molecule has 1 N–H and O–H groups in total. The van der Waals surface area contributed by atoms with Gasteiger partial charge in [-0.15, -0.1) is 9.05 Å². The fourth-order valence-corrected chi connectivity index (χ4v) is 2.58. The summed E-state index contributed by atoms with van der Waals surface area (Å²) in [5.41, 5.74) is 7.86. The molecule has 1 unspecified atom stereocenters. The fraction of sp³-hybridized carbons (Fsp3) is 0.636. The quantitative estimate of drug-likeness (QED) is 0.354. The average Bonchev–Trinajstić information content (AvgIpc) is 2.91. The molecule has 12 heteroatoms. The number of ether oxygens (including phenoxy) is 1. The summed E-state index contributed by atoms with van der Waals surface area (Å²) in [6, 6.07) is -0.607. The predicted molar refractivity (Wildman–Crippen MR) is 78.1 cm³/mol. The van der Waals surface area contributed by atoms with Crippen molar-refractivity contribution in [2.75, 3.05) is 13.7 Å². The van der Waals surface area contributed by atoms with E-state index in [1.54, 1.807) is 6.92 Å². The molecule has 2 heterocycles. The van der Waals surface area contributed by atoms with Gasteiger partial charge in [0.15, 0.2) is 0 Å². The Morgan fingerprint density at radius 3 is 3.00 bits per heavy atom. The van der Waals surface area contributed by atoms with E-state index in [2.05, 4.69) is 19.5 Å². The Morgan fingerprint density at radius 1 is 1.61 bits per heavy atom. The van der Waals surface area contributed by atoms with Crippen molar-refractivity contribution in [1.82, 2.24) is 9.55 Å². The molecule has 0 bridgehead atoms. The molecule has 1 aliphatic rings. The van der Waals surface area contributed by atoms with E-state index in [0.29, 0.717) is 5.56 Å². The highest BCUT2D eigenvalue weighted by molar-refractivity contribution is 7.33. The second kappa shape index (κ2) is 7.49. The zero-order valence-corrected chi connectivity index (χ0v) is 13.3. The molecule has 2 rings (SSSR count). The van der Waals surface area contributed by atoms with Gasteiger partial charge < -0.3 is 4.74 Å². The number of hydrogen-bond donors (Lipinski definition) is 1. The lowest BCUT2D eigenvalue weighted by Gasteiger charge is -2.14. The summed E-state index contributed by atoms with van der Waals surface area (Å²) in [4.78, 5) is 28.2. The van der Waals surface area contributed by atoms with Crippen molar-refractivity contribution in [1.29, 1.82) is 0 Å². The van der Waals surface area contributed by atoms with Gasteiger partial charge in [-0.25, -0.2) is 4.79 Å². The van der Waals surface area contributed by atoms with Crippen LogP contribution in [-0.2, 0) is 18.3 Å². The summed E-state index contributed by atoms with van der Waals surface area (Å²) in [6.07, 6.45) is 0.164. The Labute approximate surface area is 130 Å². The fourth-order valence-electron chi connectivity index (χ4n) is 2.21. The first-order valence-corrected chi connectivity index (χ1v) is 7.71. The number of hydrogen-bond acceptors (Lipinski definition) is 7. The maximum Gasteiger partial charge on any atom is 0.697 e. The lowest BCUT2D eigenvalue weighted by molar-refractivity contribution is -0.0231. The number of aryl methyl sites for hydroxylation is 1. The average molecular weight is 344 g/mol. The molecule has 1 aliphatic heterocycles. The van der Waals surface area contributed by atoms with Gasteiger partial charge in [0.05, 0.1) is 19.3 Å². The van der Waals surface area contributed by atoms with Crippen molar-refractivity contribution in [2.24, 2.45) is 5.11 Å². The first kappa shape index (κ1) is 17.3. The number of nitrogens with one attached hydrogen (secondary N) is 1. The van der Waals surface area contributed by atoms with Gasteiger partial charge in [-0.3, -0.25) is 14.3 Å². The van der Waals surface area contributed by atoms with Crippen molar-refractivity contribution in [3.05, 3.63) is 43.0 Å². The van der Waals surface area contributed by atoms with Gasteiger partial charge in [-0.05, 0) is 12.5 Å². The lowest BCUT2D eigenvalue weighted by atomic mass is 10.1. The van der Waals surface area contributed by atoms with Crippen LogP contribution in [-0.4, -0.2) is 35.4 Å². The van der Waals surface area contributed by atoms with E-state index in [1.165, 1.54) is 17.9 Å². The third kappa shape index (κ3) is 4.04. The predicted octanol–water partition coefficient (Wildman–Crippen LogP) is 1.13. The molecule has 1 aromatic rings. The first-order valence-electron chi connectivity index (χ1n) is 6.62. The Hall–Kier alpha value is -2.03. The van der Waals surface area contributed by atoms with E-state index in [0.717, 1.165) is 0 Å². The zero-order valence-electron chi connectivity index (χ0n) is 12.4. The van der Waals surface area contributed by atoms with Crippen LogP contribution in [0.25, 0.3) is 10.4 Å². The summed E-state index contributed by atoms with van der Waals surface area (Å²) >= 11 is 0. The second-order valence-electron chi connectivity index (χ2n) is 4.82. The monoisotopic (exact) mass is 344 g/mol. The van der Waals surface area contributed by atoms with Crippen LogP contribution >= 0.6 is 8.25 Å². The van der Waals surface area contributed by atoms with E-state index < -0.39 is 37.9 Å². The molecule has 1 aromatic heterocycles. The van der Waals surface area contributed by atoms with Gasteiger partial charge >= 0.3 is 13.9 Å². The van der Waals surface area contributed by atoms with Gasteiger partial charge in [-0.2, -0.15) is 0 Å². The maximum atomic E-state index is 11.9. The number of aromatic amines is 1. The standard InChI is InChI=1S/C11H14N5O6P/c1-6-4-16(11(18)13-10(6)17)9-3-7(14-15-12)8(22-9)5-21-23(19)20-2/h4,7-9H,3,5H2,1-2H3/p+1/t7-,8+,9+/m0/s1. The van der Waals surface area contributed by atoms with Crippen LogP contribution < -0.4 is 11.2 Å². The van der Waals surface area contributed by atoms with Crippen molar-refractivity contribution in [2.45, 2.75) is 31.7 Å². The van der Waals surface area contributed by atoms with Gasteiger partial charge in [0, 0.05) is 27.7 Å². The van der Waals surface area contributed by atoms with Crippen LogP contribution in [0.1, 0.15) is 18.2 Å². The molecule has 0 aromatic carbocycles. The molecule has 11 nitrogen and oxygen atoms in total. The number of aromatic nitrogens is 2. The molecular weight excluding hydrogens is 329 g/mol. The van der Waals surface area contributed by atoms with Crippen molar-refractivity contribution < 1.29 is 18.3 Å². The van der Waals surface area contributed by atoms with E-state index in [-0.39, 0.29) is 13.0 Å². The molecular formula is C11H15N5O6P+. The smallest absolute Gasteiger partial charge is 0.352 e. The van der Waals surface area contributed by atoms with Crippen molar-refractivity contribution in [3.8, 4) is 0 Å². The summed E-state index contributed by atoms with van der Waals surface area (Å²) in [7, 11) is -1.06. The van der Waals surface area contributed by atoms with Crippen LogP contribution in [0.2, 0.25) is 0 Å². The number of nitrogens with zero attached hydrogens (tertiary/aromatic N) is 4. The minimum absolute atomic E-state index is 0.125. The summed E-state index contributed by atoms with van der Waals surface area (Å²) < 4.78 is 27.5. The highest BCUT2D eigenvalue weighted by Gasteiger charge is 2.38. The van der Waals surface area contributed by atoms with E-state index in [1.807, 2.05) is 0 Å². The molecule has 1 fully saturated rings. The first-order chi connectivity index (χ1) is 11.0. The van der Waals surface area contributed by atoms with Gasteiger partial charge in [-0.1, -0.05) is 5.11 Å². The topological polar surface area (TPSA) is 148 Å². The van der Waals surface area contributed by atoms with E-state index in [4.69, 9.17) is 14.8 Å². The van der Waals surface area contributed by atoms with Crippen LogP contribution in [0.5, 0.6) is 0 Å². The molecule has 124 valence electrons. The SMILES string of the molecule is CO[P+](=O)OC[C@H]1O[C@@H](n2cc(C)c(=O)[nH]c2=O)C[C@@H]1N=[N+]=[N-].